The molecule has 1 heterocycles. The average molecular weight is 374 g/mol. The van der Waals surface area contributed by atoms with Gasteiger partial charge < -0.3 is 5.32 Å². The Morgan fingerprint density at radius 2 is 1.81 bits per heavy atom. The molecule has 3 aromatic rings. The van der Waals surface area contributed by atoms with Crippen molar-refractivity contribution in [1.29, 1.82) is 0 Å². The number of carbonyl (C=O) groups is 1. The molecule has 0 fully saturated rings. The van der Waals surface area contributed by atoms with Crippen molar-refractivity contribution in [2.75, 3.05) is 5.32 Å². The molecule has 1 aromatic heterocycles. The molecule has 132 valence electrons. The van der Waals surface area contributed by atoms with Gasteiger partial charge in [0.2, 0.25) is 5.91 Å². The van der Waals surface area contributed by atoms with Crippen LogP contribution in [0.2, 0.25) is 5.02 Å². The minimum Gasteiger partial charge on any atom is -0.322 e. The first-order valence-corrected chi connectivity index (χ1v) is 7.96. The summed E-state index contributed by atoms with van der Waals surface area (Å²) < 4.78 is 15.7. The molecule has 8 heteroatoms. The van der Waals surface area contributed by atoms with Crippen molar-refractivity contribution in [2.45, 2.75) is 6.54 Å². The van der Waals surface area contributed by atoms with E-state index in [0.717, 1.165) is 9.13 Å². The molecule has 1 N–H and O–H groups in total. The predicted octanol–water partition coefficient (Wildman–Crippen LogP) is 2.43. The highest BCUT2D eigenvalue weighted by molar-refractivity contribution is 6.30. The molecule has 2 aromatic carbocycles. The molecule has 0 saturated carbocycles. The first-order valence-electron chi connectivity index (χ1n) is 7.58. The van der Waals surface area contributed by atoms with Crippen LogP contribution in [0.1, 0.15) is 0 Å². The molecular weight excluding hydrogens is 361 g/mol. The predicted molar refractivity (Wildman–Crippen MR) is 96.3 cm³/mol. The van der Waals surface area contributed by atoms with E-state index in [1.165, 1.54) is 36.7 Å². The van der Waals surface area contributed by atoms with Crippen LogP contribution in [0.15, 0.2) is 70.5 Å². The molecule has 26 heavy (non-hydrogen) atoms. The Kier molecular flexibility index (Phi) is 4.99. The van der Waals surface area contributed by atoms with Crippen molar-refractivity contribution in [2.24, 2.45) is 0 Å². The zero-order valence-corrected chi connectivity index (χ0v) is 14.1. The van der Waals surface area contributed by atoms with Gasteiger partial charge in [-0.2, -0.15) is 0 Å². The van der Waals surface area contributed by atoms with Gasteiger partial charge in [0.05, 0.1) is 11.4 Å². The monoisotopic (exact) mass is 373 g/mol. The Balaban J connectivity index is 1.85. The van der Waals surface area contributed by atoms with Gasteiger partial charge in [-0.3, -0.25) is 23.5 Å². The molecule has 0 atom stereocenters. The summed E-state index contributed by atoms with van der Waals surface area (Å²) in [5.41, 5.74) is -1.27. The molecule has 0 unspecified atom stereocenters. The summed E-state index contributed by atoms with van der Waals surface area (Å²) in [6.45, 7) is -0.418. The number of amides is 1. The number of nitrogens with zero attached hydrogens (tertiary/aromatic N) is 2. The van der Waals surface area contributed by atoms with E-state index in [9.17, 15) is 18.8 Å². The van der Waals surface area contributed by atoms with Crippen LogP contribution in [-0.2, 0) is 11.3 Å². The van der Waals surface area contributed by atoms with Crippen molar-refractivity contribution < 1.29 is 9.18 Å². The van der Waals surface area contributed by atoms with E-state index in [4.69, 9.17) is 11.6 Å². The highest BCUT2D eigenvalue weighted by Gasteiger charge is 2.11. The fourth-order valence-electron chi connectivity index (χ4n) is 2.37. The highest BCUT2D eigenvalue weighted by atomic mass is 35.5. The maximum atomic E-state index is 13.6. The van der Waals surface area contributed by atoms with E-state index in [1.54, 1.807) is 24.3 Å². The minimum absolute atomic E-state index is 0.00202. The second-order valence-corrected chi connectivity index (χ2v) is 5.85. The fourth-order valence-corrected chi connectivity index (χ4v) is 2.55. The van der Waals surface area contributed by atoms with E-state index in [0.29, 0.717) is 10.7 Å². The number of rotatable bonds is 4. The highest BCUT2D eigenvalue weighted by Crippen LogP contribution is 2.13. The third kappa shape index (κ3) is 3.73. The maximum absolute atomic E-state index is 13.6. The lowest BCUT2D eigenvalue weighted by Crippen LogP contribution is -2.41. The number of nitrogens with one attached hydrogen (secondary N) is 1. The standard InChI is InChI=1S/C18H13ClFN3O3/c19-12-4-3-5-13(10-12)23-9-8-22(17(25)18(23)26)11-16(24)21-15-7-2-1-6-14(15)20/h1-10H,11H2,(H,21,24). The first-order chi connectivity index (χ1) is 12.5. The number of para-hydroxylation sites is 1. The van der Waals surface area contributed by atoms with Crippen LogP contribution < -0.4 is 16.4 Å². The summed E-state index contributed by atoms with van der Waals surface area (Å²) in [6.07, 6.45) is 2.68. The smallest absolute Gasteiger partial charge is 0.320 e. The van der Waals surface area contributed by atoms with E-state index in [-0.39, 0.29) is 5.69 Å². The quantitative estimate of drug-likeness (QED) is 0.714. The molecule has 0 radical (unpaired) electrons. The second kappa shape index (κ2) is 7.37. The second-order valence-electron chi connectivity index (χ2n) is 5.41. The molecule has 6 nitrogen and oxygen atoms in total. The van der Waals surface area contributed by atoms with Crippen LogP contribution in [-0.4, -0.2) is 15.0 Å². The van der Waals surface area contributed by atoms with Gasteiger partial charge in [-0.05, 0) is 30.3 Å². The van der Waals surface area contributed by atoms with Gasteiger partial charge in [-0.1, -0.05) is 29.8 Å². The third-order valence-electron chi connectivity index (χ3n) is 3.61. The Bertz CT molecular complexity index is 1090. The topological polar surface area (TPSA) is 73.1 Å². The summed E-state index contributed by atoms with van der Waals surface area (Å²) in [5.74, 6) is -1.22. The number of benzene rings is 2. The lowest BCUT2D eigenvalue weighted by molar-refractivity contribution is -0.116. The molecule has 3 rings (SSSR count). The van der Waals surface area contributed by atoms with Crippen LogP contribution in [0.3, 0.4) is 0 Å². The largest absolute Gasteiger partial charge is 0.322 e. The van der Waals surface area contributed by atoms with E-state index in [1.807, 2.05) is 0 Å². The van der Waals surface area contributed by atoms with Gasteiger partial charge in [0.1, 0.15) is 12.4 Å². The number of hydrogen-bond donors (Lipinski definition) is 1. The van der Waals surface area contributed by atoms with E-state index in [2.05, 4.69) is 5.32 Å². The molecular formula is C18H13ClFN3O3. The molecule has 0 aliphatic heterocycles. The van der Waals surface area contributed by atoms with Crippen LogP contribution in [0, 0.1) is 5.82 Å². The van der Waals surface area contributed by atoms with Crippen LogP contribution in [0.4, 0.5) is 10.1 Å². The third-order valence-corrected chi connectivity index (χ3v) is 3.84. The lowest BCUT2D eigenvalue weighted by atomic mass is 10.3. The van der Waals surface area contributed by atoms with Gasteiger partial charge in [-0.15, -0.1) is 0 Å². The number of anilines is 1. The summed E-state index contributed by atoms with van der Waals surface area (Å²) in [7, 11) is 0. The molecule has 0 bridgehead atoms. The zero-order chi connectivity index (χ0) is 18.7. The Labute approximate surface area is 152 Å². The normalized spacial score (nSPS) is 10.5. The average Bonchev–Trinajstić information content (AvgIpc) is 2.61. The Morgan fingerprint density at radius 1 is 1.04 bits per heavy atom. The number of hydrogen-bond acceptors (Lipinski definition) is 3. The molecule has 0 saturated heterocycles. The van der Waals surface area contributed by atoms with Crippen molar-refractivity contribution in [3.05, 3.63) is 92.5 Å². The molecule has 0 aliphatic carbocycles. The van der Waals surface area contributed by atoms with Gasteiger partial charge >= 0.3 is 11.1 Å². The Hall–Kier alpha value is -3.19. The SMILES string of the molecule is O=C(Cn1ccn(-c2cccc(Cl)c2)c(=O)c1=O)Nc1ccccc1F. The van der Waals surface area contributed by atoms with Gasteiger partial charge in [0, 0.05) is 17.4 Å². The summed E-state index contributed by atoms with van der Waals surface area (Å²) in [5, 5.41) is 2.78. The Morgan fingerprint density at radius 3 is 2.54 bits per heavy atom. The molecule has 1 amide bonds. The van der Waals surface area contributed by atoms with Crippen molar-refractivity contribution in [1.82, 2.24) is 9.13 Å². The number of carbonyl (C=O) groups excluding carboxylic acids is 1. The van der Waals surface area contributed by atoms with E-state index >= 15 is 0 Å². The van der Waals surface area contributed by atoms with Crippen LogP contribution >= 0.6 is 11.6 Å². The van der Waals surface area contributed by atoms with Gasteiger partial charge in [0.15, 0.2) is 0 Å². The number of halogens is 2. The number of aromatic nitrogens is 2. The zero-order valence-electron chi connectivity index (χ0n) is 13.4. The summed E-state index contributed by atoms with van der Waals surface area (Å²) >= 11 is 5.89. The lowest BCUT2D eigenvalue weighted by Gasteiger charge is -2.10. The summed E-state index contributed by atoms with van der Waals surface area (Å²) in [6, 6.07) is 12.1. The molecule has 0 aliphatic rings. The van der Waals surface area contributed by atoms with Gasteiger partial charge in [0.25, 0.3) is 0 Å². The minimum atomic E-state index is -0.879. The van der Waals surface area contributed by atoms with Crippen molar-refractivity contribution in [3.8, 4) is 5.69 Å². The van der Waals surface area contributed by atoms with E-state index < -0.39 is 29.4 Å². The first kappa shape index (κ1) is 17.6. The fraction of sp³-hybridized carbons (Fsp3) is 0.0556. The van der Waals surface area contributed by atoms with Crippen LogP contribution in [0.5, 0.6) is 0 Å². The summed E-state index contributed by atoms with van der Waals surface area (Å²) in [4.78, 5) is 36.6. The van der Waals surface area contributed by atoms with Gasteiger partial charge in [-0.25, -0.2) is 4.39 Å². The maximum Gasteiger partial charge on any atom is 0.320 e. The molecule has 0 spiro atoms. The van der Waals surface area contributed by atoms with Crippen LogP contribution in [0.25, 0.3) is 5.69 Å². The van der Waals surface area contributed by atoms with Crippen molar-refractivity contribution in [3.63, 3.8) is 0 Å². The van der Waals surface area contributed by atoms with Crippen molar-refractivity contribution >= 4 is 23.2 Å².